The zero-order valence-corrected chi connectivity index (χ0v) is 27.2. The molecule has 1 aromatic carbocycles. The van der Waals surface area contributed by atoms with Crippen molar-refractivity contribution in [3.63, 3.8) is 0 Å². The van der Waals surface area contributed by atoms with Crippen LogP contribution in [-0.4, -0.2) is 101 Å². The Kier molecular flexibility index (Phi) is 11.4. The maximum absolute atomic E-state index is 15.0. The first-order valence-corrected chi connectivity index (χ1v) is 16.5. The Morgan fingerprint density at radius 3 is 2.66 bits per heavy atom. The van der Waals surface area contributed by atoms with Gasteiger partial charge in [-0.1, -0.05) is 12.0 Å². The predicted molar refractivity (Wildman–Crippen MR) is 173 cm³/mol. The maximum Gasteiger partial charge on any atom is 0.394 e. The molecule has 0 bridgehead atoms. The van der Waals surface area contributed by atoms with Gasteiger partial charge in [0.15, 0.2) is 15.5 Å². The molecule has 0 radical (unpaired) electrons. The van der Waals surface area contributed by atoms with Crippen LogP contribution in [0.15, 0.2) is 47.5 Å². The second-order valence-corrected chi connectivity index (χ2v) is 13.1. The molecular weight excluding hydrogens is 642 g/mol. The van der Waals surface area contributed by atoms with Gasteiger partial charge in [0.05, 0.1) is 53.8 Å². The van der Waals surface area contributed by atoms with Crippen LogP contribution in [0.25, 0.3) is 5.65 Å². The number of carbonyl (C=O) groups is 1. The molecule has 0 unspecified atom stereocenters. The molecule has 1 fully saturated rings. The number of amides is 1. The predicted octanol–water partition coefficient (Wildman–Crippen LogP) is 3.48. The lowest BCUT2D eigenvalue weighted by atomic mass is 10.0. The maximum atomic E-state index is 15.0. The number of likely N-dealkylation sites (tertiary alicyclic amines) is 1. The Hall–Kier alpha value is -4.33. The number of aromatic nitrogens is 2. The van der Waals surface area contributed by atoms with Crippen LogP contribution in [0.2, 0.25) is 0 Å². The molecule has 1 saturated heterocycles. The molecule has 0 saturated carbocycles. The van der Waals surface area contributed by atoms with Crippen LogP contribution in [0.5, 0.6) is 5.75 Å². The van der Waals surface area contributed by atoms with E-state index >= 15 is 4.39 Å². The molecule has 0 aliphatic carbocycles. The number of hydrogen-bond acceptors (Lipinski definition) is 9. The van der Waals surface area contributed by atoms with Gasteiger partial charge in [-0.25, -0.2) is 17.8 Å². The summed E-state index contributed by atoms with van der Waals surface area (Å²) in [4.78, 5) is 18.9. The summed E-state index contributed by atoms with van der Waals surface area (Å²) in [7, 11) is 1.41. The highest BCUT2D eigenvalue weighted by atomic mass is 32.2. The summed E-state index contributed by atoms with van der Waals surface area (Å²) in [6, 6.07) is 5.12. The number of methoxy groups -OCH3 is 1. The molecule has 1 aliphatic heterocycles. The first-order valence-electron chi connectivity index (χ1n) is 14.6. The summed E-state index contributed by atoms with van der Waals surface area (Å²) in [6.45, 7) is 1.18. The lowest BCUT2D eigenvalue weighted by Gasteiger charge is -2.33. The molecule has 2 aromatic heterocycles. The fourth-order valence-corrected chi connectivity index (χ4v) is 5.66. The van der Waals surface area contributed by atoms with Crippen LogP contribution in [0.3, 0.4) is 0 Å². The standard InChI is InChI=1S/C31H37F4N7O4S/c1-36-12-6-8-29(43)38-20-15-26(39-23-11-14-41(2)19-22(23)32)30-40-24(27(42(30)18-20)17-31(33,34)35)7-5-13-37-25-10-9-21(47(4,44)45)16-28(25)46-3/h6,8-10,15-16,18,22-23,36-37,39H,11-14,17,19H2,1-4H3,(H,38,43)/b8-6+/t22-,23+/m0/s1. The van der Waals surface area contributed by atoms with Crippen molar-refractivity contribution < 1.29 is 35.5 Å². The van der Waals surface area contributed by atoms with Gasteiger partial charge in [0.2, 0.25) is 5.91 Å². The van der Waals surface area contributed by atoms with E-state index in [9.17, 15) is 26.4 Å². The van der Waals surface area contributed by atoms with Crippen molar-refractivity contribution in [3.8, 4) is 17.6 Å². The van der Waals surface area contributed by atoms with E-state index in [1.807, 2.05) is 4.90 Å². The normalized spacial score (nSPS) is 17.4. The first-order chi connectivity index (χ1) is 22.2. The number of alkyl halides is 4. The average Bonchev–Trinajstić information content (AvgIpc) is 3.32. The van der Waals surface area contributed by atoms with E-state index in [-0.39, 0.29) is 52.1 Å². The van der Waals surface area contributed by atoms with Crippen molar-refractivity contribution >= 4 is 38.5 Å². The van der Waals surface area contributed by atoms with Crippen LogP contribution in [0.4, 0.5) is 34.6 Å². The summed E-state index contributed by atoms with van der Waals surface area (Å²) < 4.78 is 86.9. The number of rotatable bonds is 11. The summed E-state index contributed by atoms with van der Waals surface area (Å²) >= 11 is 0. The van der Waals surface area contributed by atoms with Crippen LogP contribution in [0.1, 0.15) is 17.8 Å². The Labute approximate surface area is 270 Å². The van der Waals surface area contributed by atoms with Crippen LogP contribution in [-0.2, 0) is 21.1 Å². The number of halogens is 4. The fourth-order valence-electron chi connectivity index (χ4n) is 5.03. The van der Waals surface area contributed by atoms with Crippen molar-refractivity contribution in [2.24, 2.45) is 0 Å². The second-order valence-electron chi connectivity index (χ2n) is 11.1. The monoisotopic (exact) mass is 679 g/mol. The van der Waals surface area contributed by atoms with E-state index in [4.69, 9.17) is 4.74 Å². The summed E-state index contributed by atoms with van der Waals surface area (Å²) in [6.07, 6.45) is -1.53. The lowest BCUT2D eigenvalue weighted by molar-refractivity contribution is -0.128. The number of fused-ring (bicyclic) bond motifs is 1. The minimum atomic E-state index is -4.62. The second kappa shape index (κ2) is 15.1. The fraction of sp³-hybridized carbons (Fsp3) is 0.419. The number of benzene rings is 1. The van der Waals surface area contributed by atoms with Gasteiger partial charge in [0, 0.05) is 44.2 Å². The number of nitrogens with zero attached hydrogens (tertiary/aromatic N) is 3. The molecule has 1 amide bonds. The SMILES string of the molecule is CNC/C=C/C(=O)Nc1cc(N[C@@H]2CCN(C)C[C@@H]2F)c2nc(C#CCNc3ccc(S(C)(=O)=O)cc3OC)c(CC(F)(F)F)n2c1. The minimum Gasteiger partial charge on any atom is -0.495 e. The summed E-state index contributed by atoms with van der Waals surface area (Å²) in [5, 5.41) is 11.6. The molecule has 3 heterocycles. The van der Waals surface area contributed by atoms with Gasteiger partial charge in [0.1, 0.15) is 17.6 Å². The summed E-state index contributed by atoms with van der Waals surface area (Å²) in [5.74, 6) is 5.23. The van der Waals surface area contributed by atoms with Gasteiger partial charge in [0.25, 0.3) is 0 Å². The number of sulfone groups is 1. The van der Waals surface area contributed by atoms with Crippen molar-refractivity contribution in [1.82, 2.24) is 19.6 Å². The molecule has 47 heavy (non-hydrogen) atoms. The smallest absolute Gasteiger partial charge is 0.394 e. The Morgan fingerprint density at radius 2 is 2.00 bits per heavy atom. The molecule has 4 rings (SSSR count). The van der Waals surface area contributed by atoms with Gasteiger partial charge in [-0.15, -0.1) is 0 Å². The molecule has 16 heteroatoms. The first kappa shape index (κ1) is 35.5. The number of anilines is 3. The van der Waals surface area contributed by atoms with Crippen molar-refractivity contribution in [2.75, 3.05) is 69.6 Å². The van der Waals surface area contributed by atoms with Gasteiger partial charge < -0.3 is 30.9 Å². The van der Waals surface area contributed by atoms with E-state index in [1.54, 1.807) is 20.2 Å². The lowest BCUT2D eigenvalue weighted by Crippen LogP contribution is -2.46. The zero-order chi connectivity index (χ0) is 34.4. The molecule has 1 aliphatic rings. The number of carbonyl (C=O) groups excluding carboxylic acids is 1. The molecule has 3 aromatic rings. The number of piperidine rings is 1. The van der Waals surface area contributed by atoms with Crippen molar-refractivity contribution in [2.45, 2.75) is 36.1 Å². The number of imidazole rings is 1. The summed E-state index contributed by atoms with van der Waals surface area (Å²) in [5.41, 5.74) is 0.520. The third-order valence-corrected chi connectivity index (χ3v) is 8.42. The Morgan fingerprint density at radius 1 is 1.23 bits per heavy atom. The van der Waals surface area contributed by atoms with Crippen molar-refractivity contribution in [1.29, 1.82) is 0 Å². The van der Waals surface area contributed by atoms with E-state index in [0.717, 1.165) is 6.26 Å². The highest BCUT2D eigenvalue weighted by Crippen LogP contribution is 2.31. The van der Waals surface area contributed by atoms with Crippen LogP contribution < -0.4 is 26.0 Å². The number of pyridine rings is 1. The number of nitrogens with one attached hydrogen (secondary N) is 4. The molecule has 254 valence electrons. The minimum absolute atomic E-state index is 0.0433. The van der Waals surface area contributed by atoms with Crippen LogP contribution in [0, 0.1) is 11.8 Å². The third-order valence-electron chi connectivity index (χ3n) is 7.31. The topological polar surface area (TPSA) is 129 Å². The highest BCUT2D eigenvalue weighted by molar-refractivity contribution is 7.90. The van der Waals surface area contributed by atoms with Gasteiger partial charge in [-0.3, -0.25) is 9.20 Å². The number of ether oxygens (including phenoxy) is 1. The zero-order valence-electron chi connectivity index (χ0n) is 26.3. The highest BCUT2D eigenvalue weighted by Gasteiger charge is 2.33. The molecular formula is C31H37F4N7O4S. The quantitative estimate of drug-likeness (QED) is 0.137. The molecule has 11 nitrogen and oxygen atoms in total. The van der Waals surface area contributed by atoms with Gasteiger partial charge >= 0.3 is 6.18 Å². The van der Waals surface area contributed by atoms with E-state index in [0.29, 0.717) is 25.2 Å². The van der Waals surface area contributed by atoms with Crippen molar-refractivity contribution in [3.05, 3.63) is 54.0 Å². The Bertz CT molecular complexity index is 1800. The van der Waals surface area contributed by atoms with Gasteiger partial charge in [-0.2, -0.15) is 13.2 Å². The largest absolute Gasteiger partial charge is 0.495 e. The van der Waals surface area contributed by atoms with E-state index in [2.05, 4.69) is 38.1 Å². The van der Waals surface area contributed by atoms with E-state index < -0.39 is 40.6 Å². The number of likely N-dealkylation sites (N-methyl/N-ethyl adjacent to an activating group) is 1. The number of hydrogen-bond donors (Lipinski definition) is 4. The average molecular weight is 680 g/mol. The molecule has 4 N–H and O–H groups in total. The third kappa shape index (κ3) is 9.60. The van der Waals surface area contributed by atoms with Crippen LogP contribution >= 0.6 is 0 Å². The molecule has 0 spiro atoms. The molecule has 2 atom stereocenters. The van der Waals surface area contributed by atoms with Gasteiger partial charge in [-0.05, 0) is 44.6 Å². The Balaban J connectivity index is 1.72. The van der Waals surface area contributed by atoms with E-state index in [1.165, 1.54) is 48.0 Å².